The standard InChI is InChI=1S/C13H17NO3S/c1-8-4-3-5-10(9(8)2)12(15)14-11(6-7-18)13(16)17/h3-5,11,18H,6-7H2,1-2H3,(H,14,15)(H,16,17). The molecule has 2 N–H and O–H groups in total. The Morgan fingerprint density at radius 3 is 2.61 bits per heavy atom. The number of hydrogen-bond donors (Lipinski definition) is 3. The van der Waals surface area contributed by atoms with E-state index in [4.69, 9.17) is 5.11 Å². The maximum absolute atomic E-state index is 12.0. The van der Waals surface area contributed by atoms with Crippen molar-refractivity contribution in [1.29, 1.82) is 0 Å². The van der Waals surface area contributed by atoms with Gasteiger partial charge in [-0.25, -0.2) is 4.79 Å². The number of amides is 1. The summed E-state index contributed by atoms with van der Waals surface area (Å²) < 4.78 is 0. The molecule has 1 amide bonds. The molecule has 0 fully saturated rings. The van der Waals surface area contributed by atoms with E-state index < -0.39 is 12.0 Å². The van der Waals surface area contributed by atoms with E-state index in [0.717, 1.165) is 11.1 Å². The van der Waals surface area contributed by atoms with E-state index >= 15 is 0 Å². The van der Waals surface area contributed by atoms with Crippen molar-refractivity contribution in [2.75, 3.05) is 5.75 Å². The molecule has 4 nitrogen and oxygen atoms in total. The number of carbonyl (C=O) groups is 2. The average molecular weight is 267 g/mol. The van der Waals surface area contributed by atoms with Crippen molar-refractivity contribution in [1.82, 2.24) is 5.32 Å². The van der Waals surface area contributed by atoms with Gasteiger partial charge < -0.3 is 10.4 Å². The highest BCUT2D eigenvalue weighted by atomic mass is 32.1. The van der Waals surface area contributed by atoms with Crippen LogP contribution in [-0.2, 0) is 4.79 Å². The lowest BCUT2D eigenvalue weighted by atomic mass is 10.0. The Morgan fingerprint density at radius 2 is 2.06 bits per heavy atom. The van der Waals surface area contributed by atoms with E-state index in [-0.39, 0.29) is 5.91 Å². The largest absolute Gasteiger partial charge is 0.480 e. The monoisotopic (exact) mass is 267 g/mol. The minimum atomic E-state index is -1.04. The highest BCUT2D eigenvalue weighted by Crippen LogP contribution is 2.13. The number of nitrogens with one attached hydrogen (secondary N) is 1. The minimum Gasteiger partial charge on any atom is -0.480 e. The summed E-state index contributed by atoms with van der Waals surface area (Å²) in [6, 6.07) is 4.49. The van der Waals surface area contributed by atoms with Crippen molar-refractivity contribution in [3.8, 4) is 0 Å². The third-order valence-corrected chi connectivity index (χ3v) is 3.13. The van der Waals surface area contributed by atoms with Crippen LogP contribution in [0.3, 0.4) is 0 Å². The molecule has 1 atom stereocenters. The second kappa shape index (κ2) is 6.44. The van der Waals surface area contributed by atoms with Crippen molar-refractivity contribution in [3.05, 3.63) is 34.9 Å². The van der Waals surface area contributed by atoms with E-state index in [1.807, 2.05) is 19.9 Å². The van der Waals surface area contributed by atoms with Gasteiger partial charge in [-0.15, -0.1) is 0 Å². The van der Waals surface area contributed by atoms with Gasteiger partial charge in [0.2, 0.25) is 0 Å². The molecule has 0 aliphatic heterocycles. The maximum Gasteiger partial charge on any atom is 0.326 e. The van der Waals surface area contributed by atoms with Crippen molar-refractivity contribution in [2.45, 2.75) is 26.3 Å². The zero-order valence-corrected chi connectivity index (χ0v) is 11.3. The average Bonchev–Trinajstić information content (AvgIpc) is 2.31. The van der Waals surface area contributed by atoms with Crippen molar-refractivity contribution < 1.29 is 14.7 Å². The van der Waals surface area contributed by atoms with Gasteiger partial charge in [0.15, 0.2) is 0 Å². The van der Waals surface area contributed by atoms with Gasteiger partial charge >= 0.3 is 5.97 Å². The zero-order valence-electron chi connectivity index (χ0n) is 10.4. The number of aryl methyl sites for hydroxylation is 1. The molecule has 0 bridgehead atoms. The Morgan fingerprint density at radius 1 is 1.39 bits per heavy atom. The highest BCUT2D eigenvalue weighted by molar-refractivity contribution is 7.80. The van der Waals surface area contributed by atoms with Crippen molar-refractivity contribution in [3.63, 3.8) is 0 Å². The Hall–Kier alpha value is -1.49. The normalized spacial score (nSPS) is 11.9. The number of aliphatic carboxylic acids is 1. The molecule has 18 heavy (non-hydrogen) atoms. The molecule has 0 aliphatic carbocycles. The van der Waals surface area contributed by atoms with E-state index in [1.54, 1.807) is 12.1 Å². The first kappa shape index (κ1) is 14.6. The highest BCUT2D eigenvalue weighted by Gasteiger charge is 2.20. The van der Waals surface area contributed by atoms with E-state index in [2.05, 4.69) is 17.9 Å². The molecule has 1 aromatic rings. The topological polar surface area (TPSA) is 66.4 Å². The summed E-state index contributed by atoms with van der Waals surface area (Å²) >= 11 is 3.99. The molecule has 0 saturated carbocycles. The number of hydrogen-bond acceptors (Lipinski definition) is 3. The Kier molecular flexibility index (Phi) is 5.22. The first-order valence-electron chi connectivity index (χ1n) is 5.68. The number of carboxylic acid groups (broad SMARTS) is 1. The lowest BCUT2D eigenvalue weighted by molar-refractivity contribution is -0.139. The predicted molar refractivity (Wildman–Crippen MR) is 73.3 cm³/mol. The van der Waals surface area contributed by atoms with Crippen molar-refractivity contribution >= 4 is 24.5 Å². The number of carboxylic acids is 1. The van der Waals surface area contributed by atoms with Crippen LogP contribution in [0.25, 0.3) is 0 Å². The molecule has 0 radical (unpaired) electrons. The van der Waals surface area contributed by atoms with Gasteiger partial charge in [0, 0.05) is 5.56 Å². The molecule has 0 aliphatic rings. The lowest BCUT2D eigenvalue weighted by Crippen LogP contribution is -2.41. The van der Waals surface area contributed by atoms with Crippen LogP contribution in [0.5, 0.6) is 0 Å². The molecule has 1 aromatic carbocycles. The van der Waals surface area contributed by atoms with Crippen LogP contribution in [0.2, 0.25) is 0 Å². The molecular formula is C13H17NO3S. The van der Waals surface area contributed by atoms with Gasteiger partial charge in [-0.2, -0.15) is 12.6 Å². The van der Waals surface area contributed by atoms with Gasteiger partial charge in [0.25, 0.3) is 5.91 Å². The van der Waals surface area contributed by atoms with Gasteiger partial charge in [-0.05, 0) is 43.2 Å². The molecule has 98 valence electrons. The Labute approximate surface area is 112 Å². The third kappa shape index (κ3) is 3.50. The molecule has 0 aromatic heterocycles. The van der Waals surface area contributed by atoms with Crippen LogP contribution >= 0.6 is 12.6 Å². The summed E-state index contributed by atoms with van der Waals surface area (Å²) in [5.41, 5.74) is 2.38. The van der Waals surface area contributed by atoms with Crippen LogP contribution in [0.4, 0.5) is 0 Å². The summed E-state index contributed by atoms with van der Waals surface area (Å²) in [7, 11) is 0. The predicted octanol–water partition coefficient (Wildman–Crippen LogP) is 1.81. The maximum atomic E-state index is 12.0. The van der Waals surface area contributed by atoms with E-state index in [9.17, 15) is 9.59 Å². The van der Waals surface area contributed by atoms with Crippen LogP contribution in [0.15, 0.2) is 18.2 Å². The molecule has 0 spiro atoms. The van der Waals surface area contributed by atoms with Crippen molar-refractivity contribution in [2.24, 2.45) is 0 Å². The Bertz CT molecular complexity index is 460. The summed E-state index contributed by atoms with van der Waals surface area (Å²) in [6.07, 6.45) is 0.301. The third-order valence-electron chi connectivity index (χ3n) is 2.87. The quantitative estimate of drug-likeness (QED) is 0.713. The summed E-state index contributed by atoms with van der Waals surface area (Å²) in [4.78, 5) is 23.0. The summed E-state index contributed by atoms with van der Waals surface area (Å²) in [5.74, 6) is -0.988. The number of benzene rings is 1. The van der Waals surface area contributed by atoms with Gasteiger partial charge in [-0.1, -0.05) is 12.1 Å². The molecule has 5 heteroatoms. The fourth-order valence-electron chi connectivity index (χ4n) is 1.62. The molecule has 0 saturated heterocycles. The number of thiol groups is 1. The van der Waals surface area contributed by atoms with Gasteiger partial charge in [0.1, 0.15) is 6.04 Å². The first-order valence-corrected chi connectivity index (χ1v) is 6.31. The van der Waals surface area contributed by atoms with E-state index in [0.29, 0.717) is 17.7 Å². The minimum absolute atomic E-state index is 0.301. The second-order valence-corrected chi connectivity index (χ2v) is 4.57. The SMILES string of the molecule is Cc1cccc(C(=O)NC(CCS)C(=O)O)c1C. The molecule has 1 rings (SSSR count). The fourth-order valence-corrected chi connectivity index (χ4v) is 1.88. The molecule has 0 heterocycles. The van der Waals surface area contributed by atoms with Gasteiger partial charge in [0.05, 0.1) is 0 Å². The van der Waals surface area contributed by atoms with Crippen LogP contribution in [0.1, 0.15) is 27.9 Å². The first-order chi connectivity index (χ1) is 8.47. The second-order valence-electron chi connectivity index (χ2n) is 4.12. The summed E-state index contributed by atoms with van der Waals surface area (Å²) in [6.45, 7) is 3.76. The lowest BCUT2D eigenvalue weighted by Gasteiger charge is -2.15. The molecule has 1 unspecified atom stereocenters. The molecular weight excluding hydrogens is 250 g/mol. The fraction of sp³-hybridized carbons (Fsp3) is 0.385. The summed E-state index contributed by atoms with van der Waals surface area (Å²) in [5, 5.41) is 11.5. The zero-order chi connectivity index (χ0) is 13.7. The van der Waals surface area contributed by atoms with E-state index in [1.165, 1.54) is 0 Å². The van der Waals surface area contributed by atoms with Crippen LogP contribution < -0.4 is 5.32 Å². The number of rotatable bonds is 5. The van der Waals surface area contributed by atoms with Crippen LogP contribution in [0, 0.1) is 13.8 Å². The Balaban J connectivity index is 2.87. The van der Waals surface area contributed by atoms with Crippen LogP contribution in [-0.4, -0.2) is 28.8 Å². The van der Waals surface area contributed by atoms with Gasteiger partial charge in [-0.3, -0.25) is 4.79 Å². The smallest absolute Gasteiger partial charge is 0.326 e. The number of carbonyl (C=O) groups excluding carboxylic acids is 1.